The van der Waals surface area contributed by atoms with E-state index >= 15 is 0 Å². The molecule has 1 aliphatic rings. The van der Waals surface area contributed by atoms with E-state index in [0.717, 1.165) is 31.0 Å². The minimum absolute atomic E-state index is 0.0507. The molecule has 0 saturated heterocycles. The van der Waals surface area contributed by atoms with Crippen molar-refractivity contribution in [2.24, 2.45) is 5.92 Å². The second-order valence-electron chi connectivity index (χ2n) is 5.31. The first-order valence-corrected chi connectivity index (χ1v) is 6.91. The highest BCUT2D eigenvalue weighted by atomic mass is 19.4. The molecule has 0 aliphatic heterocycles. The number of alkyl halides is 3. The van der Waals surface area contributed by atoms with Crippen molar-refractivity contribution in [1.29, 1.82) is 0 Å². The van der Waals surface area contributed by atoms with Crippen LogP contribution in [0.25, 0.3) is 0 Å². The number of hydrogen-bond acceptors (Lipinski definition) is 1. The Hall–Kier alpha value is -1.03. The van der Waals surface area contributed by atoms with E-state index in [9.17, 15) is 13.2 Å². The topological polar surface area (TPSA) is 12.0 Å². The molecule has 0 spiro atoms. The van der Waals surface area contributed by atoms with Gasteiger partial charge in [-0.25, -0.2) is 0 Å². The van der Waals surface area contributed by atoms with Crippen molar-refractivity contribution in [2.75, 3.05) is 6.54 Å². The lowest BCUT2D eigenvalue weighted by Crippen LogP contribution is -2.23. The quantitative estimate of drug-likeness (QED) is 0.800. The van der Waals surface area contributed by atoms with Gasteiger partial charge in [0.15, 0.2) is 0 Å². The first kappa shape index (κ1) is 14.4. The first-order valence-electron chi connectivity index (χ1n) is 6.91. The van der Waals surface area contributed by atoms with Gasteiger partial charge in [-0.05, 0) is 43.0 Å². The summed E-state index contributed by atoms with van der Waals surface area (Å²) in [5, 5.41) is 3.37. The second kappa shape index (κ2) is 5.95. The molecular weight excluding hydrogens is 251 g/mol. The van der Waals surface area contributed by atoms with Gasteiger partial charge in [0, 0.05) is 6.04 Å². The Bertz CT molecular complexity index is 410. The van der Waals surface area contributed by atoms with Gasteiger partial charge in [-0.2, -0.15) is 13.2 Å². The van der Waals surface area contributed by atoms with E-state index in [4.69, 9.17) is 0 Å². The van der Waals surface area contributed by atoms with Crippen LogP contribution in [0.5, 0.6) is 0 Å². The predicted octanol–water partition coefficient (Wildman–Crippen LogP) is 4.55. The number of nitrogens with one attached hydrogen (secondary N) is 1. The Morgan fingerprint density at radius 1 is 1.32 bits per heavy atom. The zero-order valence-corrected chi connectivity index (χ0v) is 11.1. The molecule has 2 rings (SSSR count). The van der Waals surface area contributed by atoms with Crippen LogP contribution in [0.15, 0.2) is 24.3 Å². The van der Waals surface area contributed by atoms with Crippen LogP contribution in [0.2, 0.25) is 0 Å². The molecule has 106 valence electrons. The number of benzene rings is 1. The van der Waals surface area contributed by atoms with Gasteiger partial charge in [-0.15, -0.1) is 0 Å². The van der Waals surface area contributed by atoms with Gasteiger partial charge in [-0.3, -0.25) is 0 Å². The van der Waals surface area contributed by atoms with Gasteiger partial charge in [0.2, 0.25) is 0 Å². The van der Waals surface area contributed by atoms with E-state index in [1.165, 1.54) is 25.0 Å². The number of halogens is 3. The molecule has 1 fully saturated rings. The van der Waals surface area contributed by atoms with Crippen molar-refractivity contribution in [2.45, 2.75) is 44.8 Å². The third-order valence-electron chi connectivity index (χ3n) is 3.52. The van der Waals surface area contributed by atoms with Gasteiger partial charge in [0.05, 0.1) is 5.56 Å². The van der Waals surface area contributed by atoms with E-state index in [1.54, 1.807) is 6.07 Å². The molecule has 0 amide bonds. The molecule has 1 N–H and O–H groups in total. The first-order chi connectivity index (χ1) is 9.00. The van der Waals surface area contributed by atoms with Crippen LogP contribution in [0, 0.1) is 5.92 Å². The van der Waals surface area contributed by atoms with Crippen molar-refractivity contribution in [3.63, 3.8) is 0 Å². The lowest BCUT2D eigenvalue weighted by molar-refractivity contribution is -0.137. The molecule has 0 radical (unpaired) electrons. The third kappa shape index (κ3) is 4.23. The van der Waals surface area contributed by atoms with E-state index in [-0.39, 0.29) is 6.04 Å². The van der Waals surface area contributed by atoms with Crippen molar-refractivity contribution >= 4 is 0 Å². The summed E-state index contributed by atoms with van der Waals surface area (Å²) in [5.74, 6) is 0.684. The Balaban J connectivity index is 2.14. The summed E-state index contributed by atoms with van der Waals surface area (Å²) >= 11 is 0. The SMILES string of the molecule is CCCNC(CC1CC1)c1cccc(C(F)(F)F)c1. The lowest BCUT2D eigenvalue weighted by Gasteiger charge is -2.20. The van der Waals surface area contributed by atoms with Crippen LogP contribution in [0.1, 0.15) is 49.8 Å². The zero-order valence-electron chi connectivity index (χ0n) is 11.1. The highest BCUT2D eigenvalue weighted by Crippen LogP contribution is 2.38. The van der Waals surface area contributed by atoms with Gasteiger partial charge in [0.25, 0.3) is 0 Å². The van der Waals surface area contributed by atoms with Crippen LogP contribution in [-0.2, 0) is 6.18 Å². The molecule has 4 heteroatoms. The fraction of sp³-hybridized carbons (Fsp3) is 0.600. The summed E-state index contributed by atoms with van der Waals surface area (Å²) in [6.07, 6.45) is 0.0961. The highest BCUT2D eigenvalue weighted by molar-refractivity contribution is 5.28. The van der Waals surface area contributed by atoms with Crippen LogP contribution in [-0.4, -0.2) is 6.54 Å². The fourth-order valence-electron chi connectivity index (χ4n) is 2.27. The van der Waals surface area contributed by atoms with Crippen LogP contribution < -0.4 is 5.32 Å². The van der Waals surface area contributed by atoms with E-state index < -0.39 is 11.7 Å². The zero-order chi connectivity index (χ0) is 13.9. The number of rotatable bonds is 6. The summed E-state index contributed by atoms with van der Waals surface area (Å²) in [6, 6.07) is 5.78. The minimum Gasteiger partial charge on any atom is -0.310 e. The molecule has 1 aromatic carbocycles. The molecule has 19 heavy (non-hydrogen) atoms. The third-order valence-corrected chi connectivity index (χ3v) is 3.52. The van der Waals surface area contributed by atoms with Crippen LogP contribution >= 0.6 is 0 Å². The van der Waals surface area contributed by atoms with Crippen molar-refractivity contribution in [1.82, 2.24) is 5.32 Å². The van der Waals surface area contributed by atoms with Crippen molar-refractivity contribution in [3.05, 3.63) is 35.4 Å². The molecule has 0 bridgehead atoms. The summed E-state index contributed by atoms with van der Waals surface area (Å²) in [5.41, 5.74) is 0.208. The maximum atomic E-state index is 12.7. The molecule has 1 aliphatic carbocycles. The molecule has 0 aromatic heterocycles. The Labute approximate surface area is 112 Å². The van der Waals surface area contributed by atoms with E-state index in [1.807, 2.05) is 0 Å². The molecule has 1 aromatic rings. The maximum Gasteiger partial charge on any atom is 0.416 e. The van der Waals surface area contributed by atoms with Crippen molar-refractivity contribution in [3.8, 4) is 0 Å². The lowest BCUT2D eigenvalue weighted by atomic mass is 9.99. The Morgan fingerprint density at radius 2 is 2.05 bits per heavy atom. The molecule has 1 unspecified atom stereocenters. The summed E-state index contributed by atoms with van der Waals surface area (Å²) in [4.78, 5) is 0. The largest absolute Gasteiger partial charge is 0.416 e. The van der Waals surface area contributed by atoms with Crippen molar-refractivity contribution < 1.29 is 13.2 Å². The highest BCUT2D eigenvalue weighted by Gasteiger charge is 2.32. The van der Waals surface area contributed by atoms with Gasteiger partial charge >= 0.3 is 6.18 Å². The standard InChI is InChI=1S/C15H20F3N/c1-2-8-19-14(9-11-6-7-11)12-4-3-5-13(10-12)15(16,17)18/h3-5,10-11,14,19H,2,6-9H2,1H3. The van der Waals surface area contributed by atoms with Gasteiger partial charge < -0.3 is 5.32 Å². The minimum atomic E-state index is -4.26. The number of hydrogen-bond donors (Lipinski definition) is 1. The Morgan fingerprint density at radius 3 is 2.63 bits per heavy atom. The van der Waals surface area contributed by atoms with E-state index in [2.05, 4.69) is 12.2 Å². The van der Waals surface area contributed by atoms with Crippen LogP contribution in [0.3, 0.4) is 0 Å². The van der Waals surface area contributed by atoms with Gasteiger partial charge in [0.1, 0.15) is 0 Å². The summed E-state index contributed by atoms with van der Waals surface area (Å²) in [7, 11) is 0. The average Bonchev–Trinajstić information content (AvgIpc) is 3.17. The molecule has 1 saturated carbocycles. The smallest absolute Gasteiger partial charge is 0.310 e. The normalized spacial score (nSPS) is 17.5. The average molecular weight is 271 g/mol. The summed E-state index contributed by atoms with van der Waals surface area (Å²) < 4.78 is 38.2. The predicted molar refractivity (Wildman–Crippen MR) is 69.8 cm³/mol. The van der Waals surface area contributed by atoms with Crippen LogP contribution in [0.4, 0.5) is 13.2 Å². The molecule has 1 nitrogen and oxygen atoms in total. The van der Waals surface area contributed by atoms with Gasteiger partial charge in [-0.1, -0.05) is 31.9 Å². The second-order valence-corrected chi connectivity index (χ2v) is 5.31. The summed E-state index contributed by atoms with van der Waals surface area (Å²) in [6.45, 7) is 2.90. The molecule has 1 atom stereocenters. The van der Waals surface area contributed by atoms with E-state index in [0.29, 0.717) is 5.92 Å². The maximum absolute atomic E-state index is 12.7. The molecular formula is C15H20F3N. The molecule has 0 heterocycles. The fourth-order valence-corrected chi connectivity index (χ4v) is 2.27. The Kier molecular flexibility index (Phi) is 4.50. The monoisotopic (exact) mass is 271 g/mol.